The molecule has 18 heavy (non-hydrogen) atoms. The van der Waals surface area contributed by atoms with Crippen LogP contribution in [-0.4, -0.2) is 18.6 Å². The van der Waals surface area contributed by atoms with Crippen molar-refractivity contribution in [3.05, 3.63) is 29.3 Å². The van der Waals surface area contributed by atoms with E-state index in [9.17, 15) is 4.79 Å². The summed E-state index contributed by atoms with van der Waals surface area (Å²) >= 11 is 0. The van der Waals surface area contributed by atoms with E-state index in [1.807, 2.05) is 19.9 Å². The predicted molar refractivity (Wildman–Crippen MR) is 74.0 cm³/mol. The zero-order valence-corrected chi connectivity index (χ0v) is 11.9. The van der Waals surface area contributed by atoms with Crippen molar-refractivity contribution < 1.29 is 9.53 Å². The van der Waals surface area contributed by atoms with Gasteiger partial charge in [-0.3, -0.25) is 4.79 Å². The molecule has 0 aliphatic rings. The lowest BCUT2D eigenvalue weighted by molar-refractivity contribution is -0.127. The fourth-order valence-electron chi connectivity index (χ4n) is 1.78. The Balaban J connectivity index is 2.88. The molecule has 0 fully saturated rings. The van der Waals surface area contributed by atoms with Gasteiger partial charge < -0.3 is 10.1 Å². The normalized spacial score (nSPS) is 12.3. The molecule has 0 unspecified atom stereocenters. The van der Waals surface area contributed by atoms with E-state index in [-0.39, 0.29) is 5.91 Å². The van der Waals surface area contributed by atoms with Crippen LogP contribution in [0.4, 0.5) is 0 Å². The third-order valence-corrected chi connectivity index (χ3v) is 2.82. The Morgan fingerprint density at radius 2 is 2.00 bits per heavy atom. The van der Waals surface area contributed by atoms with Gasteiger partial charge >= 0.3 is 0 Å². The molecule has 3 heteroatoms. The summed E-state index contributed by atoms with van der Waals surface area (Å²) in [6.45, 7) is 10.6. The molecule has 0 saturated heterocycles. The molecule has 1 aromatic rings. The van der Waals surface area contributed by atoms with Crippen molar-refractivity contribution in [2.45, 2.75) is 46.6 Å². The van der Waals surface area contributed by atoms with Crippen molar-refractivity contribution >= 4 is 5.91 Å². The predicted octanol–water partition coefficient (Wildman–Crippen LogP) is 3.02. The van der Waals surface area contributed by atoms with E-state index in [4.69, 9.17) is 4.74 Å². The molecule has 1 aromatic carbocycles. The molecule has 0 aromatic heterocycles. The van der Waals surface area contributed by atoms with E-state index >= 15 is 0 Å². The summed E-state index contributed by atoms with van der Waals surface area (Å²) in [4.78, 5) is 11.7. The van der Waals surface area contributed by atoms with Gasteiger partial charge in [0.1, 0.15) is 5.75 Å². The van der Waals surface area contributed by atoms with Gasteiger partial charge in [0, 0.05) is 6.54 Å². The van der Waals surface area contributed by atoms with Crippen LogP contribution in [0.25, 0.3) is 0 Å². The van der Waals surface area contributed by atoms with Gasteiger partial charge in [0.25, 0.3) is 5.91 Å². The number of benzene rings is 1. The summed E-state index contributed by atoms with van der Waals surface area (Å²) in [6.07, 6.45) is -0.468. The standard InChI is InChI=1S/C15H23NO2/c1-6-16-15(17)12(5)18-14-9-11(4)7-8-13(14)10(2)3/h7-10,12H,6H2,1-5H3,(H,16,17)/t12-/m0/s1. The Labute approximate surface area is 110 Å². The summed E-state index contributed by atoms with van der Waals surface area (Å²) in [5, 5.41) is 2.76. The highest BCUT2D eigenvalue weighted by Crippen LogP contribution is 2.28. The van der Waals surface area contributed by atoms with Crippen LogP contribution in [0, 0.1) is 6.92 Å². The van der Waals surface area contributed by atoms with Crippen LogP contribution in [-0.2, 0) is 4.79 Å². The van der Waals surface area contributed by atoms with E-state index in [2.05, 4.69) is 31.3 Å². The van der Waals surface area contributed by atoms with Crippen molar-refractivity contribution in [2.75, 3.05) is 6.54 Å². The van der Waals surface area contributed by atoms with E-state index in [0.29, 0.717) is 12.5 Å². The fourth-order valence-corrected chi connectivity index (χ4v) is 1.78. The number of carbonyl (C=O) groups excluding carboxylic acids is 1. The SMILES string of the molecule is CCNC(=O)[C@H](C)Oc1cc(C)ccc1C(C)C. The first kappa shape index (κ1) is 14.6. The van der Waals surface area contributed by atoms with Gasteiger partial charge in [-0.05, 0) is 43.9 Å². The van der Waals surface area contributed by atoms with Crippen LogP contribution in [0.1, 0.15) is 44.7 Å². The lowest BCUT2D eigenvalue weighted by Crippen LogP contribution is -2.36. The average molecular weight is 249 g/mol. The monoisotopic (exact) mass is 249 g/mol. The Kier molecular flexibility index (Phi) is 5.20. The maximum absolute atomic E-state index is 11.7. The van der Waals surface area contributed by atoms with Crippen LogP contribution in [0.15, 0.2) is 18.2 Å². The number of rotatable bonds is 5. The third kappa shape index (κ3) is 3.76. The van der Waals surface area contributed by atoms with Crippen molar-refractivity contribution in [1.29, 1.82) is 0 Å². The van der Waals surface area contributed by atoms with Crippen LogP contribution in [0.5, 0.6) is 5.75 Å². The van der Waals surface area contributed by atoms with Gasteiger partial charge in [-0.1, -0.05) is 26.0 Å². The van der Waals surface area contributed by atoms with Gasteiger partial charge in [0.2, 0.25) is 0 Å². The minimum Gasteiger partial charge on any atom is -0.481 e. The number of ether oxygens (including phenoxy) is 1. The number of likely N-dealkylation sites (N-methyl/N-ethyl adjacent to an activating group) is 1. The third-order valence-electron chi connectivity index (χ3n) is 2.82. The molecule has 3 nitrogen and oxygen atoms in total. The second-order valence-corrected chi connectivity index (χ2v) is 4.85. The molecule has 0 aliphatic carbocycles. The number of aryl methyl sites for hydroxylation is 1. The zero-order chi connectivity index (χ0) is 13.7. The topological polar surface area (TPSA) is 38.3 Å². The molecule has 0 saturated carbocycles. The van der Waals surface area contributed by atoms with Gasteiger partial charge in [-0.25, -0.2) is 0 Å². The van der Waals surface area contributed by atoms with E-state index in [1.54, 1.807) is 6.92 Å². The second kappa shape index (κ2) is 6.43. The van der Waals surface area contributed by atoms with Gasteiger partial charge in [0.05, 0.1) is 0 Å². The quantitative estimate of drug-likeness (QED) is 0.871. The van der Waals surface area contributed by atoms with Crippen LogP contribution in [0.2, 0.25) is 0 Å². The maximum atomic E-state index is 11.7. The van der Waals surface area contributed by atoms with E-state index < -0.39 is 6.10 Å². The largest absolute Gasteiger partial charge is 0.481 e. The first-order valence-electron chi connectivity index (χ1n) is 6.50. The lowest BCUT2D eigenvalue weighted by atomic mass is 10.0. The number of nitrogens with one attached hydrogen (secondary N) is 1. The summed E-state index contributed by atoms with van der Waals surface area (Å²) < 4.78 is 5.79. The molecule has 1 amide bonds. The number of carbonyl (C=O) groups is 1. The second-order valence-electron chi connectivity index (χ2n) is 4.85. The fraction of sp³-hybridized carbons (Fsp3) is 0.533. The highest BCUT2D eigenvalue weighted by molar-refractivity contribution is 5.80. The molecule has 0 spiro atoms. The number of amides is 1. The highest BCUT2D eigenvalue weighted by atomic mass is 16.5. The Morgan fingerprint density at radius 1 is 1.33 bits per heavy atom. The minimum absolute atomic E-state index is 0.0753. The summed E-state index contributed by atoms with van der Waals surface area (Å²) in [6, 6.07) is 6.13. The first-order chi connectivity index (χ1) is 8.45. The molecule has 1 N–H and O–H groups in total. The van der Waals surface area contributed by atoms with Crippen molar-refractivity contribution in [2.24, 2.45) is 0 Å². The van der Waals surface area contributed by atoms with Crippen LogP contribution in [0.3, 0.4) is 0 Å². The molecule has 1 rings (SSSR count). The molecule has 100 valence electrons. The molecular formula is C15H23NO2. The van der Waals surface area contributed by atoms with Crippen LogP contribution < -0.4 is 10.1 Å². The Hall–Kier alpha value is -1.51. The van der Waals surface area contributed by atoms with Crippen molar-refractivity contribution in [3.8, 4) is 5.75 Å². The van der Waals surface area contributed by atoms with Gasteiger partial charge in [0.15, 0.2) is 6.10 Å². The van der Waals surface area contributed by atoms with Gasteiger partial charge in [-0.2, -0.15) is 0 Å². The van der Waals surface area contributed by atoms with Crippen LogP contribution >= 0.6 is 0 Å². The number of hydrogen-bond acceptors (Lipinski definition) is 2. The maximum Gasteiger partial charge on any atom is 0.260 e. The van der Waals surface area contributed by atoms with E-state index in [1.165, 1.54) is 0 Å². The van der Waals surface area contributed by atoms with Gasteiger partial charge in [-0.15, -0.1) is 0 Å². The Bertz CT molecular complexity index is 413. The smallest absolute Gasteiger partial charge is 0.260 e. The molecule has 0 aliphatic heterocycles. The molecular weight excluding hydrogens is 226 g/mol. The zero-order valence-electron chi connectivity index (χ0n) is 11.9. The molecule has 0 heterocycles. The first-order valence-corrected chi connectivity index (χ1v) is 6.50. The molecule has 1 atom stereocenters. The van der Waals surface area contributed by atoms with Crippen molar-refractivity contribution in [3.63, 3.8) is 0 Å². The summed E-state index contributed by atoms with van der Waals surface area (Å²) in [5.41, 5.74) is 2.27. The Morgan fingerprint density at radius 3 is 2.56 bits per heavy atom. The van der Waals surface area contributed by atoms with Crippen molar-refractivity contribution in [1.82, 2.24) is 5.32 Å². The van der Waals surface area contributed by atoms with E-state index in [0.717, 1.165) is 16.9 Å². The summed E-state index contributed by atoms with van der Waals surface area (Å²) in [5.74, 6) is 1.11. The minimum atomic E-state index is -0.468. The lowest BCUT2D eigenvalue weighted by Gasteiger charge is -2.19. The number of hydrogen-bond donors (Lipinski definition) is 1. The molecule has 0 bridgehead atoms. The average Bonchev–Trinajstić information content (AvgIpc) is 2.28. The highest BCUT2D eigenvalue weighted by Gasteiger charge is 2.16. The summed E-state index contributed by atoms with van der Waals surface area (Å²) in [7, 11) is 0. The molecule has 0 radical (unpaired) electrons.